The second-order valence-electron chi connectivity index (χ2n) is 3.33. The molecule has 0 heterocycles. The van der Waals surface area contributed by atoms with Crippen molar-refractivity contribution < 1.29 is 9.47 Å². The Labute approximate surface area is 99.7 Å². The first-order valence-electron chi connectivity index (χ1n) is 5.20. The van der Waals surface area contributed by atoms with Crippen LogP contribution in [0.25, 0.3) is 0 Å². The van der Waals surface area contributed by atoms with Crippen LogP contribution in [0.15, 0.2) is 22.7 Å². The molecular weight excluding hydrogens is 256 g/mol. The molecular formula is C12H17BrO2. The molecule has 15 heavy (non-hydrogen) atoms. The number of hydrogen-bond acceptors (Lipinski definition) is 2. The Hall–Kier alpha value is -0.540. The van der Waals surface area contributed by atoms with Crippen molar-refractivity contribution in [1.82, 2.24) is 0 Å². The highest BCUT2D eigenvalue weighted by atomic mass is 79.9. The van der Waals surface area contributed by atoms with E-state index in [1.54, 1.807) is 0 Å². The smallest absolute Gasteiger partial charge is 0.133 e. The third-order valence-corrected chi connectivity index (χ3v) is 2.60. The number of halogens is 1. The first kappa shape index (κ1) is 12.5. The maximum absolute atomic E-state index is 5.61. The first-order chi connectivity index (χ1) is 7.24. The van der Waals surface area contributed by atoms with Crippen molar-refractivity contribution in [3.63, 3.8) is 0 Å². The Morgan fingerprint density at radius 2 is 2.07 bits per heavy atom. The number of benzene rings is 1. The highest BCUT2D eigenvalue weighted by Crippen LogP contribution is 2.25. The molecule has 0 N–H and O–H groups in total. The lowest BCUT2D eigenvalue weighted by Gasteiger charge is -2.08. The molecule has 0 atom stereocenters. The Kier molecular flexibility index (Phi) is 5.73. The summed E-state index contributed by atoms with van der Waals surface area (Å²) in [7, 11) is 0. The van der Waals surface area contributed by atoms with Gasteiger partial charge in [-0.2, -0.15) is 0 Å². The molecule has 0 radical (unpaired) electrons. The fraction of sp³-hybridized carbons (Fsp3) is 0.500. The highest BCUT2D eigenvalue weighted by molar-refractivity contribution is 9.10. The van der Waals surface area contributed by atoms with Gasteiger partial charge < -0.3 is 9.47 Å². The summed E-state index contributed by atoms with van der Waals surface area (Å²) in [6.45, 7) is 6.29. The van der Waals surface area contributed by atoms with Crippen LogP contribution in [0.5, 0.6) is 5.75 Å². The van der Waals surface area contributed by atoms with Crippen LogP contribution in [0.4, 0.5) is 0 Å². The monoisotopic (exact) mass is 272 g/mol. The summed E-state index contributed by atoms with van der Waals surface area (Å²) >= 11 is 3.47. The second-order valence-corrected chi connectivity index (χ2v) is 4.19. The van der Waals surface area contributed by atoms with Crippen LogP contribution in [0.3, 0.4) is 0 Å². The lowest BCUT2D eigenvalue weighted by atomic mass is 10.2. The predicted molar refractivity (Wildman–Crippen MR) is 65.5 cm³/mol. The molecule has 0 spiro atoms. The number of ether oxygens (including phenoxy) is 2. The summed E-state index contributed by atoms with van der Waals surface area (Å²) in [5.41, 5.74) is 1.23. The van der Waals surface area contributed by atoms with Gasteiger partial charge in [-0.05, 0) is 47.5 Å². The largest absolute Gasteiger partial charge is 0.492 e. The predicted octanol–water partition coefficient (Wildman–Crippen LogP) is 3.56. The quantitative estimate of drug-likeness (QED) is 0.738. The van der Waals surface area contributed by atoms with Crippen molar-refractivity contribution in [1.29, 1.82) is 0 Å². The average molecular weight is 273 g/mol. The van der Waals surface area contributed by atoms with Crippen molar-refractivity contribution in [2.45, 2.75) is 20.3 Å². The van der Waals surface area contributed by atoms with Gasteiger partial charge in [0, 0.05) is 19.6 Å². The van der Waals surface area contributed by atoms with E-state index in [0.29, 0.717) is 6.61 Å². The molecule has 3 heteroatoms. The SMILES string of the molecule is CCOCCCOc1ccc(C)cc1Br. The summed E-state index contributed by atoms with van der Waals surface area (Å²) in [6.07, 6.45) is 0.925. The molecule has 0 saturated carbocycles. The van der Waals surface area contributed by atoms with Gasteiger partial charge in [-0.15, -0.1) is 0 Å². The zero-order valence-corrected chi connectivity index (χ0v) is 10.8. The average Bonchev–Trinajstić information content (AvgIpc) is 2.20. The molecule has 0 aliphatic carbocycles. The number of aryl methyl sites for hydroxylation is 1. The van der Waals surface area contributed by atoms with Gasteiger partial charge in [0.2, 0.25) is 0 Å². The van der Waals surface area contributed by atoms with E-state index in [0.717, 1.165) is 29.9 Å². The molecule has 0 aliphatic heterocycles. The normalized spacial score (nSPS) is 10.3. The summed E-state index contributed by atoms with van der Waals surface area (Å²) in [4.78, 5) is 0. The van der Waals surface area contributed by atoms with E-state index < -0.39 is 0 Å². The third kappa shape index (κ3) is 4.67. The Bertz CT molecular complexity index is 300. The molecule has 0 bridgehead atoms. The Balaban J connectivity index is 2.31. The molecule has 84 valence electrons. The maximum Gasteiger partial charge on any atom is 0.133 e. The highest BCUT2D eigenvalue weighted by Gasteiger charge is 2.00. The first-order valence-corrected chi connectivity index (χ1v) is 6.00. The fourth-order valence-corrected chi connectivity index (χ4v) is 1.82. The van der Waals surface area contributed by atoms with Crippen molar-refractivity contribution in [2.75, 3.05) is 19.8 Å². The molecule has 1 rings (SSSR count). The zero-order chi connectivity index (χ0) is 11.1. The molecule has 1 aromatic rings. The van der Waals surface area contributed by atoms with Crippen LogP contribution in [-0.2, 0) is 4.74 Å². The zero-order valence-electron chi connectivity index (χ0n) is 9.25. The molecule has 0 unspecified atom stereocenters. The minimum atomic E-state index is 0.696. The van der Waals surface area contributed by atoms with E-state index in [-0.39, 0.29) is 0 Å². The molecule has 0 aromatic heterocycles. The second kappa shape index (κ2) is 6.85. The van der Waals surface area contributed by atoms with Gasteiger partial charge in [-0.1, -0.05) is 6.07 Å². The summed E-state index contributed by atoms with van der Waals surface area (Å²) in [6, 6.07) is 6.08. The lowest BCUT2D eigenvalue weighted by Crippen LogP contribution is -2.03. The summed E-state index contributed by atoms with van der Waals surface area (Å²) in [5, 5.41) is 0. The van der Waals surface area contributed by atoms with E-state index in [4.69, 9.17) is 9.47 Å². The van der Waals surface area contributed by atoms with Crippen molar-refractivity contribution in [3.05, 3.63) is 28.2 Å². The van der Waals surface area contributed by atoms with Gasteiger partial charge in [0.15, 0.2) is 0 Å². The van der Waals surface area contributed by atoms with Gasteiger partial charge in [-0.25, -0.2) is 0 Å². The summed E-state index contributed by atoms with van der Waals surface area (Å²) in [5.74, 6) is 0.900. The van der Waals surface area contributed by atoms with Crippen LogP contribution < -0.4 is 4.74 Å². The summed E-state index contributed by atoms with van der Waals surface area (Å²) < 4.78 is 11.9. The number of hydrogen-bond donors (Lipinski definition) is 0. The van der Waals surface area contributed by atoms with Crippen molar-refractivity contribution >= 4 is 15.9 Å². The van der Waals surface area contributed by atoms with E-state index >= 15 is 0 Å². The standard InChI is InChI=1S/C12H17BrO2/c1-3-14-7-4-8-15-12-6-5-10(2)9-11(12)13/h5-6,9H,3-4,7-8H2,1-2H3. The van der Waals surface area contributed by atoms with Gasteiger partial charge in [0.05, 0.1) is 11.1 Å². The molecule has 0 saturated heterocycles. The van der Waals surface area contributed by atoms with Crippen molar-refractivity contribution in [3.8, 4) is 5.75 Å². The van der Waals surface area contributed by atoms with Gasteiger partial charge in [-0.3, -0.25) is 0 Å². The van der Waals surface area contributed by atoms with Crippen molar-refractivity contribution in [2.24, 2.45) is 0 Å². The maximum atomic E-state index is 5.61. The fourth-order valence-electron chi connectivity index (χ4n) is 1.21. The minimum absolute atomic E-state index is 0.696. The van der Waals surface area contributed by atoms with Crippen LogP contribution in [0, 0.1) is 6.92 Å². The molecule has 0 aliphatic rings. The van der Waals surface area contributed by atoms with E-state index in [9.17, 15) is 0 Å². The minimum Gasteiger partial charge on any atom is -0.492 e. The lowest BCUT2D eigenvalue weighted by molar-refractivity contribution is 0.130. The van der Waals surface area contributed by atoms with Gasteiger partial charge >= 0.3 is 0 Å². The van der Waals surface area contributed by atoms with E-state index in [1.165, 1.54) is 5.56 Å². The van der Waals surface area contributed by atoms with Crippen LogP contribution >= 0.6 is 15.9 Å². The number of rotatable bonds is 6. The van der Waals surface area contributed by atoms with E-state index in [1.807, 2.05) is 19.1 Å². The van der Waals surface area contributed by atoms with E-state index in [2.05, 4.69) is 28.9 Å². The topological polar surface area (TPSA) is 18.5 Å². The molecule has 0 amide bonds. The van der Waals surface area contributed by atoms with Crippen LogP contribution in [-0.4, -0.2) is 19.8 Å². The van der Waals surface area contributed by atoms with Gasteiger partial charge in [0.25, 0.3) is 0 Å². The molecule has 0 fully saturated rings. The Morgan fingerprint density at radius 1 is 1.27 bits per heavy atom. The third-order valence-electron chi connectivity index (χ3n) is 1.98. The molecule has 2 nitrogen and oxygen atoms in total. The molecule has 1 aromatic carbocycles. The van der Waals surface area contributed by atoms with Gasteiger partial charge in [0.1, 0.15) is 5.75 Å². The van der Waals surface area contributed by atoms with Crippen LogP contribution in [0.2, 0.25) is 0 Å². The van der Waals surface area contributed by atoms with Crippen LogP contribution in [0.1, 0.15) is 18.9 Å². The Morgan fingerprint density at radius 3 is 2.73 bits per heavy atom.